The zero-order valence-corrected chi connectivity index (χ0v) is 12.5. The largest absolute Gasteiger partial charge is 0.314 e. The van der Waals surface area contributed by atoms with E-state index in [9.17, 15) is 8.42 Å². The van der Waals surface area contributed by atoms with Crippen LogP contribution in [-0.4, -0.2) is 26.8 Å². The van der Waals surface area contributed by atoms with E-state index in [2.05, 4.69) is 21.2 Å². The second-order valence-electron chi connectivity index (χ2n) is 4.02. The maximum Gasteiger partial charge on any atom is 0.178 e. The summed E-state index contributed by atoms with van der Waals surface area (Å²) in [5, 5.41) is 3.21. The monoisotopic (exact) mass is 319 g/mol. The molecule has 0 aromatic heterocycles. The quantitative estimate of drug-likeness (QED) is 0.876. The van der Waals surface area contributed by atoms with Crippen LogP contribution < -0.4 is 5.32 Å². The molecule has 0 aliphatic rings. The van der Waals surface area contributed by atoms with Crippen molar-refractivity contribution in [2.24, 2.45) is 0 Å². The molecule has 1 unspecified atom stereocenters. The van der Waals surface area contributed by atoms with Crippen molar-refractivity contribution in [1.29, 1.82) is 0 Å². The van der Waals surface area contributed by atoms with Crippen molar-refractivity contribution in [1.82, 2.24) is 5.32 Å². The number of hydrogen-bond donors (Lipinski definition) is 1. The summed E-state index contributed by atoms with van der Waals surface area (Å²) in [7, 11) is -3.15. The summed E-state index contributed by atoms with van der Waals surface area (Å²) >= 11 is 3.29. The molecule has 0 saturated heterocycles. The van der Waals surface area contributed by atoms with E-state index in [-0.39, 0.29) is 11.8 Å². The molecule has 0 saturated carbocycles. The van der Waals surface area contributed by atoms with Crippen LogP contribution in [0.3, 0.4) is 0 Å². The van der Waals surface area contributed by atoms with Crippen LogP contribution in [0.1, 0.15) is 20.3 Å². The van der Waals surface area contributed by atoms with Gasteiger partial charge in [0.05, 0.1) is 10.6 Å². The van der Waals surface area contributed by atoms with E-state index >= 15 is 0 Å². The summed E-state index contributed by atoms with van der Waals surface area (Å²) in [5.41, 5.74) is 0. The molecule has 0 aliphatic carbocycles. The van der Waals surface area contributed by atoms with Gasteiger partial charge in [-0.25, -0.2) is 8.42 Å². The Balaban J connectivity index is 2.66. The minimum Gasteiger partial charge on any atom is -0.314 e. The van der Waals surface area contributed by atoms with Crippen molar-refractivity contribution >= 4 is 25.8 Å². The molecule has 0 spiro atoms. The molecule has 96 valence electrons. The van der Waals surface area contributed by atoms with Gasteiger partial charge in [0.2, 0.25) is 0 Å². The molecule has 1 rings (SSSR count). The minimum atomic E-state index is -3.15. The SMILES string of the molecule is CCNC(C)CCS(=O)(=O)c1ccc(Br)cc1. The Morgan fingerprint density at radius 2 is 1.88 bits per heavy atom. The highest BCUT2D eigenvalue weighted by Crippen LogP contribution is 2.16. The number of hydrogen-bond acceptors (Lipinski definition) is 3. The second-order valence-corrected chi connectivity index (χ2v) is 7.05. The van der Waals surface area contributed by atoms with E-state index in [4.69, 9.17) is 0 Å². The van der Waals surface area contributed by atoms with Crippen molar-refractivity contribution in [2.75, 3.05) is 12.3 Å². The zero-order chi connectivity index (χ0) is 12.9. The van der Waals surface area contributed by atoms with Gasteiger partial charge in [-0.15, -0.1) is 0 Å². The van der Waals surface area contributed by atoms with Gasteiger partial charge in [-0.1, -0.05) is 22.9 Å². The number of sulfone groups is 1. The van der Waals surface area contributed by atoms with Crippen molar-refractivity contribution in [2.45, 2.75) is 31.2 Å². The second kappa shape index (κ2) is 6.52. The molecule has 0 bridgehead atoms. The first-order valence-electron chi connectivity index (χ1n) is 5.67. The summed E-state index contributed by atoms with van der Waals surface area (Å²) in [6, 6.07) is 7.00. The summed E-state index contributed by atoms with van der Waals surface area (Å²) in [6.45, 7) is 4.87. The van der Waals surface area contributed by atoms with Gasteiger partial charge in [-0.05, 0) is 44.2 Å². The lowest BCUT2D eigenvalue weighted by atomic mass is 10.3. The number of benzene rings is 1. The topological polar surface area (TPSA) is 46.2 Å². The molecular formula is C12H18BrNO2S. The van der Waals surface area contributed by atoms with Crippen LogP contribution in [0, 0.1) is 0 Å². The van der Waals surface area contributed by atoms with E-state index in [0.29, 0.717) is 11.3 Å². The zero-order valence-electron chi connectivity index (χ0n) is 10.1. The number of halogens is 1. The molecule has 0 aliphatic heterocycles. The molecule has 0 amide bonds. The fourth-order valence-corrected chi connectivity index (χ4v) is 3.26. The third-order valence-electron chi connectivity index (χ3n) is 2.54. The number of rotatable bonds is 6. The van der Waals surface area contributed by atoms with Crippen LogP contribution in [0.4, 0.5) is 0 Å². The maximum absolute atomic E-state index is 12.0. The molecule has 0 fully saturated rings. The third-order valence-corrected chi connectivity index (χ3v) is 4.84. The lowest BCUT2D eigenvalue weighted by Gasteiger charge is -2.12. The molecule has 1 N–H and O–H groups in total. The molecular weight excluding hydrogens is 302 g/mol. The molecule has 17 heavy (non-hydrogen) atoms. The maximum atomic E-state index is 12.0. The fraction of sp³-hybridized carbons (Fsp3) is 0.500. The Morgan fingerprint density at radius 3 is 2.41 bits per heavy atom. The molecule has 0 radical (unpaired) electrons. The predicted molar refractivity (Wildman–Crippen MR) is 74.0 cm³/mol. The molecule has 0 heterocycles. The van der Waals surface area contributed by atoms with E-state index in [0.717, 1.165) is 11.0 Å². The van der Waals surface area contributed by atoms with Crippen LogP contribution in [0.15, 0.2) is 33.6 Å². The smallest absolute Gasteiger partial charge is 0.178 e. The van der Waals surface area contributed by atoms with Gasteiger partial charge in [0.1, 0.15) is 0 Å². The van der Waals surface area contributed by atoms with Crippen LogP contribution >= 0.6 is 15.9 Å². The van der Waals surface area contributed by atoms with Crippen molar-refractivity contribution in [3.63, 3.8) is 0 Å². The Hall–Kier alpha value is -0.390. The Kier molecular flexibility index (Phi) is 5.62. The molecule has 1 atom stereocenters. The first kappa shape index (κ1) is 14.7. The van der Waals surface area contributed by atoms with Crippen molar-refractivity contribution in [3.8, 4) is 0 Å². The van der Waals surface area contributed by atoms with Crippen molar-refractivity contribution < 1.29 is 8.42 Å². The molecule has 1 aromatic carbocycles. The molecule has 1 aromatic rings. The van der Waals surface area contributed by atoms with E-state index in [1.165, 1.54) is 0 Å². The normalized spacial score (nSPS) is 13.6. The van der Waals surface area contributed by atoms with Gasteiger partial charge in [0, 0.05) is 10.5 Å². The third kappa shape index (κ3) is 4.77. The lowest BCUT2D eigenvalue weighted by molar-refractivity contribution is 0.541. The molecule has 5 heteroatoms. The number of nitrogens with one attached hydrogen (secondary N) is 1. The summed E-state index contributed by atoms with van der Waals surface area (Å²) in [5.74, 6) is 0.183. The van der Waals surface area contributed by atoms with Crippen LogP contribution in [0.25, 0.3) is 0 Å². The highest BCUT2D eigenvalue weighted by atomic mass is 79.9. The Labute approximate surface area is 112 Å². The van der Waals surface area contributed by atoms with E-state index < -0.39 is 9.84 Å². The fourth-order valence-electron chi connectivity index (χ4n) is 1.54. The minimum absolute atomic E-state index is 0.183. The van der Waals surface area contributed by atoms with Crippen LogP contribution in [-0.2, 0) is 9.84 Å². The van der Waals surface area contributed by atoms with E-state index in [1.54, 1.807) is 24.3 Å². The van der Waals surface area contributed by atoms with E-state index in [1.807, 2.05) is 13.8 Å². The van der Waals surface area contributed by atoms with Crippen molar-refractivity contribution in [3.05, 3.63) is 28.7 Å². The molecule has 3 nitrogen and oxygen atoms in total. The van der Waals surface area contributed by atoms with Gasteiger partial charge in [0.25, 0.3) is 0 Å². The van der Waals surface area contributed by atoms with Crippen LogP contribution in [0.2, 0.25) is 0 Å². The Bertz CT molecular complexity index is 442. The summed E-state index contributed by atoms with van der Waals surface area (Å²) < 4.78 is 24.9. The van der Waals surface area contributed by atoms with Gasteiger partial charge >= 0.3 is 0 Å². The lowest BCUT2D eigenvalue weighted by Crippen LogP contribution is -2.27. The van der Waals surface area contributed by atoms with Crippen LogP contribution in [0.5, 0.6) is 0 Å². The average Bonchev–Trinajstić information content (AvgIpc) is 2.28. The highest BCUT2D eigenvalue weighted by molar-refractivity contribution is 9.10. The standard InChI is InChI=1S/C12H18BrNO2S/c1-3-14-10(2)8-9-17(15,16)12-6-4-11(13)5-7-12/h4-7,10,14H,3,8-9H2,1-2H3. The first-order chi connectivity index (χ1) is 7.95. The average molecular weight is 320 g/mol. The van der Waals surface area contributed by atoms with Gasteiger partial charge < -0.3 is 5.32 Å². The van der Waals surface area contributed by atoms with Gasteiger partial charge in [0.15, 0.2) is 9.84 Å². The predicted octanol–water partition coefficient (Wildman–Crippen LogP) is 2.61. The van der Waals surface area contributed by atoms with Gasteiger partial charge in [-0.3, -0.25) is 0 Å². The summed E-state index contributed by atoms with van der Waals surface area (Å²) in [6.07, 6.45) is 0.631. The highest BCUT2D eigenvalue weighted by Gasteiger charge is 2.15. The summed E-state index contributed by atoms with van der Waals surface area (Å²) in [4.78, 5) is 0.393. The first-order valence-corrected chi connectivity index (χ1v) is 8.12. The van der Waals surface area contributed by atoms with Gasteiger partial charge in [-0.2, -0.15) is 0 Å². The Morgan fingerprint density at radius 1 is 1.29 bits per heavy atom.